The summed E-state index contributed by atoms with van der Waals surface area (Å²) in [6.07, 6.45) is 3.69. The van der Waals surface area contributed by atoms with E-state index in [4.69, 9.17) is 0 Å². The molecule has 0 atom stereocenters. The average Bonchev–Trinajstić information content (AvgIpc) is 2.49. The summed E-state index contributed by atoms with van der Waals surface area (Å²) in [4.78, 5) is 4.14. The second-order valence-electron chi connectivity index (χ2n) is 4.75. The van der Waals surface area contributed by atoms with Crippen LogP contribution in [0.25, 0.3) is 10.8 Å². The fourth-order valence-electron chi connectivity index (χ4n) is 2.34. The van der Waals surface area contributed by atoms with Gasteiger partial charge >= 0.3 is 0 Å². The fourth-order valence-corrected chi connectivity index (χ4v) is 2.34. The molecule has 0 spiro atoms. The van der Waals surface area contributed by atoms with E-state index in [2.05, 4.69) is 22.4 Å². The number of nitrogens with zero attached hydrogens (tertiary/aromatic N) is 1. The van der Waals surface area contributed by atoms with Crippen LogP contribution in [-0.2, 0) is 13.1 Å². The molecular formula is C17H16N2O. The molecule has 20 heavy (non-hydrogen) atoms. The summed E-state index contributed by atoms with van der Waals surface area (Å²) in [6.45, 7) is 1.41. The maximum Gasteiger partial charge on any atom is 0.120 e. The summed E-state index contributed by atoms with van der Waals surface area (Å²) in [5, 5.41) is 15.5. The smallest absolute Gasteiger partial charge is 0.120 e. The highest BCUT2D eigenvalue weighted by Crippen LogP contribution is 2.18. The van der Waals surface area contributed by atoms with Gasteiger partial charge in [0.15, 0.2) is 0 Å². The van der Waals surface area contributed by atoms with Gasteiger partial charge in [0.2, 0.25) is 0 Å². The van der Waals surface area contributed by atoms with Crippen molar-refractivity contribution in [1.29, 1.82) is 0 Å². The Kier molecular flexibility index (Phi) is 3.61. The van der Waals surface area contributed by atoms with Crippen molar-refractivity contribution in [2.24, 2.45) is 0 Å². The maximum absolute atomic E-state index is 9.73. The van der Waals surface area contributed by atoms with Gasteiger partial charge in [-0.25, -0.2) is 0 Å². The molecule has 0 amide bonds. The molecule has 3 nitrogen and oxygen atoms in total. The molecule has 0 fully saturated rings. The second-order valence-corrected chi connectivity index (χ2v) is 4.75. The van der Waals surface area contributed by atoms with Crippen molar-refractivity contribution in [3.05, 3.63) is 72.1 Å². The van der Waals surface area contributed by atoms with E-state index < -0.39 is 0 Å². The normalized spacial score (nSPS) is 10.8. The first-order valence-electron chi connectivity index (χ1n) is 6.64. The number of pyridine rings is 1. The van der Waals surface area contributed by atoms with Crippen LogP contribution in [0.15, 0.2) is 60.9 Å². The van der Waals surface area contributed by atoms with E-state index in [0.717, 1.165) is 17.5 Å². The highest BCUT2D eigenvalue weighted by atomic mass is 16.3. The standard InChI is InChI=1S/C17H16N2O/c20-17-7-2-1-4-15(17)12-19-11-14-6-3-5-13-10-18-9-8-16(13)14/h1-10,19-20H,11-12H2. The number of phenolic OH excluding ortho intramolecular Hbond substituents is 1. The number of hydrogen-bond acceptors (Lipinski definition) is 3. The van der Waals surface area contributed by atoms with Gasteiger partial charge in [-0.1, -0.05) is 36.4 Å². The van der Waals surface area contributed by atoms with E-state index in [1.54, 1.807) is 6.07 Å². The largest absolute Gasteiger partial charge is 0.508 e. The van der Waals surface area contributed by atoms with E-state index in [1.165, 1.54) is 10.9 Å². The Morgan fingerprint density at radius 3 is 2.60 bits per heavy atom. The highest BCUT2D eigenvalue weighted by Gasteiger charge is 2.02. The van der Waals surface area contributed by atoms with Crippen molar-refractivity contribution >= 4 is 10.8 Å². The Bertz CT molecular complexity index is 720. The summed E-state index contributed by atoms with van der Waals surface area (Å²) in [6, 6.07) is 15.6. The first kappa shape index (κ1) is 12.6. The molecule has 0 radical (unpaired) electrons. The number of benzene rings is 2. The number of rotatable bonds is 4. The number of aromatic nitrogens is 1. The molecule has 0 saturated heterocycles. The molecule has 1 heterocycles. The summed E-state index contributed by atoms with van der Waals surface area (Å²) in [5.41, 5.74) is 2.15. The average molecular weight is 264 g/mol. The number of phenols is 1. The van der Waals surface area contributed by atoms with Crippen LogP contribution in [0.1, 0.15) is 11.1 Å². The van der Waals surface area contributed by atoms with Gasteiger partial charge in [-0.2, -0.15) is 0 Å². The number of nitrogens with one attached hydrogen (secondary N) is 1. The predicted molar refractivity (Wildman–Crippen MR) is 80.4 cm³/mol. The molecule has 0 saturated carbocycles. The number of para-hydroxylation sites is 1. The summed E-state index contributed by atoms with van der Waals surface area (Å²) in [5.74, 6) is 0.335. The molecule has 0 aliphatic carbocycles. The molecule has 3 rings (SSSR count). The van der Waals surface area contributed by atoms with E-state index in [9.17, 15) is 5.11 Å². The molecule has 3 heteroatoms. The van der Waals surface area contributed by atoms with Crippen molar-refractivity contribution in [3.8, 4) is 5.75 Å². The Balaban J connectivity index is 1.73. The minimum absolute atomic E-state index is 0.335. The maximum atomic E-state index is 9.73. The Morgan fingerprint density at radius 1 is 0.900 bits per heavy atom. The highest BCUT2D eigenvalue weighted by molar-refractivity contribution is 5.84. The van der Waals surface area contributed by atoms with E-state index >= 15 is 0 Å². The molecule has 2 N–H and O–H groups in total. The van der Waals surface area contributed by atoms with Crippen molar-refractivity contribution in [2.45, 2.75) is 13.1 Å². The molecule has 0 bridgehead atoms. The van der Waals surface area contributed by atoms with Crippen LogP contribution >= 0.6 is 0 Å². The first-order valence-corrected chi connectivity index (χ1v) is 6.64. The van der Waals surface area contributed by atoms with Crippen LogP contribution in [-0.4, -0.2) is 10.1 Å². The molecule has 3 aromatic rings. The molecule has 0 aliphatic heterocycles. The van der Waals surface area contributed by atoms with Gasteiger partial charge in [0.1, 0.15) is 5.75 Å². The van der Waals surface area contributed by atoms with Crippen molar-refractivity contribution in [2.75, 3.05) is 0 Å². The zero-order valence-electron chi connectivity index (χ0n) is 11.1. The number of fused-ring (bicyclic) bond motifs is 1. The molecule has 2 aromatic carbocycles. The van der Waals surface area contributed by atoms with Gasteiger partial charge in [0.25, 0.3) is 0 Å². The third kappa shape index (κ3) is 2.63. The van der Waals surface area contributed by atoms with Gasteiger partial charge in [0, 0.05) is 36.4 Å². The van der Waals surface area contributed by atoms with Crippen LogP contribution in [0.3, 0.4) is 0 Å². The number of aromatic hydroxyl groups is 1. The fraction of sp³-hybridized carbons (Fsp3) is 0.118. The van der Waals surface area contributed by atoms with Crippen molar-refractivity contribution in [3.63, 3.8) is 0 Å². The van der Waals surface area contributed by atoms with Crippen molar-refractivity contribution < 1.29 is 5.11 Å². The molecule has 1 aromatic heterocycles. The third-order valence-corrected chi connectivity index (χ3v) is 3.39. The van der Waals surface area contributed by atoms with Crippen LogP contribution in [0, 0.1) is 0 Å². The predicted octanol–water partition coefficient (Wildman–Crippen LogP) is 3.23. The SMILES string of the molecule is Oc1ccccc1CNCc1cccc2cnccc12. The van der Waals surface area contributed by atoms with Gasteiger partial charge in [0.05, 0.1) is 0 Å². The number of hydrogen-bond donors (Lipinski definition) is 2. The minimum Gasteiger partial charge on any atom is -0.508 e. The summed E-state index contributed by atoms with van der Waals surface area (Å²) in [7, 11) is 0. The lowest BCUT2D eigenvalue weighted by Gasteiger charge is -2.09. The van der Waals surface area contributed by atoms with E-state index in [-0.39, 0.29) is 0 Å². The van der Waals surface area contributed by atoms with Crippen LogP contribution in [0.4, 0.5) is 0 Å². The van der Waals surface area contributed by atoms with Crippen LogP contribution in [0.5, 0.6) is 5.75 Å². The zero-order valence-corrected chi connectivity index (χ0v) is 11.1. The minimum atomic E-state index is 0.335. The van der Waals surface area contributed by atoms with E-state index in [1.807, 2.05) is 42.7 Å². The van der Waals surface area contributed by atoms with Gasteiger partial charge in [-0.15, -0.1) is 0 Å². The third-order valence-electron chi connectivity index (χ3n) is 3.39. The molecule has 0 aliphatic rings. The second kappa shape index (κ2) is 5.72. The van der Waals surface area contributed by atoms with Crippen LogP contribution < -0.4 is 5.32 Å². The van der Waals surface area contributed by atoms with Gasteiger partial charge in [-0.3, -0.25) is 4.98 Å². The molecule has 0 unspecified atom stereocenters. The monoisotopic (exact) mass is 264 g/mol. The Hall–Kier alpha value is -2.39. The summed E-state index contributed by atoms with van der Waals surface area (Å²) >= 11 is 0. The summed E-state index contributed by atoms with van der Waals surface area (Å²) < 4.78 is 0. The lowest BCUT2D eigenvalue weighted by Crippen LogP contribution is -2.13. The lowest BCUT2D eigenvalue weighted by atomic mass is 10.1. The Morgan fingerprint density at radius 2 is 1.70 bits per heavy atom. The van der Waals surface area contributed by atoms with Crippen molar-refractivity contribution in [1.82, 2.24) is 10.3 Å². The van der Waals surface area contributed by atoms with E-state index in [0.29, 0.717) is 12.3 Å². The first-order chi connectivity index (χ1) is 9.84. The molecule has 100 valence electrons. The quantitative estimate of drug-likeness (QED) is 0.760. The molecular weight excluding hydrogens is 248 g/mol. The topological polar surface area (TPSA) is 45.1 Å². The Labute approximate surface area is 117 Å². The van der Waals surface area contributed by atoms with Crippen LogP contribution in [0.2, 0.25) is 0 Å². The lowest BCUT2D eigenvalue weighted by molar-refractivity contribution is 0.464. The zero-order chi connectivity index (χ0) is 13.8. The van der Waals surface area contributed by atoms with Gasteiger partial charge in [-0.05, 0) is 23.1 Å². The van der Waals surface area contributed by atoms with Gasteiger partial charge < -0.3 is 10.4 Å².